The fraction of sp³-hybridized carbons (Fsp3) is 0.500. The van der Waals surface area contributed by atoms with Gasteiger partial charge in [-0.05, 0) is 37.0 Å². The molecule has 1 aliphatic heterocycles. The highest BCUT2D eigenvalue weighted by Gasteiger charge is 2.04. The predicted molar refractivity (Wildman–Crippen MR) is 84.6 cm³/mol. The molecule has 1 aliphatic rings. The van der Waals surface area contributed by atoms with Crippen LogP contribution in [0.5, 0.6) is 5.75 Å². The number of nitrogens with one attached hydrogen (secondary N) is 2. The standard InChI is InChI=1S/C14H19F2N3O.BrH/c15-13(16)20-12-5-3-11(4-6-12)7-10-19-14-17-8-1-2-9-18-14;/h3-6,13H,1-2,7-10H2,(H2,17,18,19);1H. The van der Waals surface area contributed by atoms with Crippen LogP contribution in [-0.4, -0.2) is 32.2 Å². The van der Waals surface area contributed by atoms with Crippen LogP contribution in [0.1, 0.15) is 18.4 Å². The van der Waals surface area contributed by atoms with Crippen LogP contribution in [0.2, 0.25) is 0 Å². The fourth-order valence-electron chi connectivity index (χ4n) is 1.97. The molecule has 4 nitrogen and oxygen atoms in total. The van der Waals surface area contributed by atoms with Crippen molar-refractivity contribution in [2.45, 2.75) is 25.9 Å². The van der Waals surface area contributed by atoms with Gasteiger partial charge in [-0.25, -0.2) is 0 Å². The maximum absolute atomic E-state index is 12.0. The molecular formula is C14H20BrF2N3O. The molecule has 1 heterocycles. The van der Waals surface area contributed by atoms with Crippen molar-refractivity contribution in [2.75, 3.05) is 19.6 Å². The van der Waals surface area contributed by atoms with Crippen LogP contribution < -0.4 is 15.4 Å². The van der Waals surface area contributed by atoms with Crippen molar-refractivity contribution >= 4 is 22.9 Å². The molecule has 2 N–H and O–H groups in total. The van der Waals surface area contributed by atoms with E-state index in [9.17, 15) is 8.78 Å². The molecule has 0 aromatic heterocycles. The molecule has 1 aromatic rings. The molecule has 0 bridgehead atoms. The van der Waals surface area contributed by atoms with Gasteiger partial charge in [-0.2, -0.15) is 8.78 Å². The van der Waals surface area contributed by atoms with Gasteiger partial charge in [0.15, 0.2) is 5.96 Å². The maximum Gasteiger partial charge on any atom is 0.387 e. The fourth-order valence-corrected chi connectivity index (χ4v) is 1.97. The molecule has 2 rings (SSSR count). The van der Waals surface area contributed by atoms with Gasteiger partial charge in [0.05, 0.1) is 0 Å². The molecule has 0 amide bonds. The summed E-state index contributed by atoms with van der Waals surface area (Å²) < 4.78 is 28.3. The molecule has 118 valence electrons. The van der Waals surface area contributed by atoms with Crippen molar-refractivity contribution < 1.29 is 13.5 Å². The molecule has 0 atom stereocenters. The average molecular weight is 364 g/mol. The number of alkyl halides is 2. The second-order valence-electron chi connectivity index (χ2n) is 4.56. The van der Waals surface area contributed by atoms with E-state index >= 15 is 0 Å². The van der Waals surface area contributed by atoms with Gasteiger partial charge in [0, 0.05) is 19.6 Å². The number of hydrogen-bond acceptors (Lipinski definition) is 4. The minimum absolute atomic E-state index is 0. The first kappa shape index (κ1) is 17.7. The Kier molecular flexibility index (Phi) is 8.04. The molecule has 0 saturated heterocycles. The van der Waals surface area contributed by atoms with Crippen molar-refractivity contribution in [1.29, 1.82) is 0 Å². The van der Waals surface area contributed by atoms with Gasteiger partial charge < -0.3 is 15.4 Å². The zero-order valence-corrected chi connectivity index (χ0v) is 13.4. The molecule has 0 saturated carbocycles. The van der Waals surface area contributed by atoms with Crippen LogP contribution in [0.15, 0.2) is 29.3 Å². The molecule has 0 spiro atoms. The monoisotopic (exact) mass is 363 g/mol. The smallest absolute Gasteiger partial charge is 0.387 e. The molecule has 21 heavy (non-hydrogen) atoms. The first-order valence-corrected chi connectivity index (χ1v) is 6.80. The summed E-state index contributed by atoms with van der Waals surface area (Å²) in [6.45, 7) is -0.219. The Hall–Kier alpha value is -1.37. The summed E-state index contributed by atoms with van der Waals surface area (Å²) in [5, 5.41) is 6.48. The predicted octanol–water partition coefficient (Wildman–Crippen LogP) is 2.74. The van der Waals surface area contributed by atoms with E-state index < -0.39 is 6.61 Å². The van der Waals surface area contributed by atoms with E-state index in [1.54, 1.807) is 24.3 Å². The van der Waals surface area contributed by atoms with Gasteiger partial charge in [0.1, 0.15) is 5.75 Å². The Balaban J connectivity index is 0.00000220. The summed E-state index contributed by atoms with van der Waals surface area (Å²) in [6, 6.07) is 6.70. The average Bonchev–Trinajstić information content (AvgIpc) is 2.69. The van der Waals surface area contributed by atoms with Gasteiger partial charge in [-0.3, -0.25) is 4.99 Å². The van der Waals surface area contributed by atoms with Gasteiger partial charge in [-0.15, -0.1) is 17.0 Å². The summed E-state index contributed by atoms with van der Waals surface area (Å²) >= 11 is 0. The summed E-state index contributed by atoms with van der Waals surface area (Å²) in [6.07, 6.45) is 3.06. The Morgan fingerprint density at radius 1 is 1.24 bits per heavy atom. The third-order valence-corrected chi connectivity index (χ3v) is 3.00. The van der Waals surface area contributed by atoms with Crippen LogP contribution in [0.4, 0.5) is 8.78 Å². The first-order valence-electron chi connectivity index (χ1n) is 6.80. The molecule has 0 unspecified atom stereocenters. The molecule has 0 fully saturated rings. The van der Waals surface area contributed by atoms with Gasteiger partial charge in [0.25, 0.3) is 0 Å². The van der Waals surface area contributed by atoms with Crippen molar-refractivity contribution in [3.8, 4) is 5.75 Å². The Labute approximate surface area is 133 Å². The number of nitrogens with zero attached hydrogens (tertiary/aromatic N) is 1. The second kappa shape index (κ2) is 9.55. The zero-order valence-electron chi connectivity index (χ0n) is 11.6. The number of ether oxygens (including phenoxy) is 1. The topological polar surface area (TPSA) is 45.6 Å². The normalized spacial score (nSPS) is 14.5. The number of guanidine groups is 1. The minimum Gasteiger partial charge on any atom is -0.435 e. The highest BCUT2D eigenvalue weighted by molar-refractivity contribution is 8.93. The maximum atomic E-state index is 12.0. The number of halogens is 3. The van der Waals surface area contributed by atoms with Crippen molar-refractivity contribution in [3.05, 3.63) is 29.8 Å². The highest BCUT2D eigenvalue weighted by atomic mass is 79.9. The lowest BCUT2D eigenvalue weighted by Crippen LogP contribution is -2.38. The van der Waals surface area contributed by atoms with Gasteiger partial charge >= 0.3 is 6.61 Å². The van der Waals surface area contributed by atoms with E-state index in [1.165, 1.54) is 0 Å². The van der Waals surface area contributed by atoms with Crippen molar-refractivity contribution in [3.63, 3.8) is 0 Å². The van der Waals surface area contributed by atoms with E-state index in [2.05, 4.69) is 20.4 Å². The SMILES string of the molecule is Br.FC(F)Oc1ccc(CCNC2=NCCCCN2)cc1. The number of rotatable bonds is 5. The summed E-state index contributed by atoms with van der Waals surface area (Å²) in [5.74, 6) is 1.03. The van der Waals surface area contributed by atoms with Crippen LogP contribution in [0.3, 0.4) is 0 Å². The lowest BCUT2D eigenvalue weighted by molar-refractivity contribution is -0.0498. The second-order valence-corrected chi connectivity index (χ2v) is 4.56. The molecular weight excluding hydrogens is 344 g/mol. The van der Waals surface area contributed by atoms with E-state index in [0.717, 1.165) is 50.4 Å². The van der Waals surface area contributed by atoms with Crippen LogP contribution in [0, 0.1) is 0 Å². The van der Waals surface area contributed by atoms with Crippen LogP contribution in [-0.2, 0) is 6.42 Å². The largest absolute Gasteiger partial charge is 0.435 e. The molecule has 0 radical (unpaired) electrons. The summed E-state index contributed by atoms with van der Waals surface area (Å²) in [7, 11) is 0. The molecule has 1 aromatic carbocycles. The van der Waals surface area contributed by atoms with Crippen LogP contribution in [0.25, 0.3) is 0 Å². The third-order valence-electron chi connectivity index (χ3n) is 3.00. The molecule has 7 heteroatoms. The lowest BCUT2D eigenvalue weighted by atomic mass is 10.1. The Morgan fingerprint density at radius 2 is 2.00 bits per heavy atom. The third kappa shape index (κ3) is 6.75. The molecule has 0 aliphatic carbocycles. The minimum atomic E-state index is -2.78. The Bertz CT molecular complexity index is 440. The summed E-state index contributed by atoms with van der Waals surface area (Å²) in [5.41, 5.74) is 1.06. The quantitative estimate of drug-likeness (QED) is 0.845. The summed E-state index contributed by atoms with van der Waals surface area (Å²) in [4.78, 5) is 4.39. The zero-order chi connectivity index (χ0) is 14.2. The van der Waals surface area contributed by atoms with Crippen LogP contribution >= 0.6 is 17.0 Å². The first-order chi connectivity index (χ1) is 9.74. The Morgan fingerprint density at radius 3 is 2.71 bits per heavy atom. The van der Waals surface area contributed by atoms with E-state index in [-0.39, 0.29) is 22.7 Å². The van der Waals surface area contributed by atoms with E-state index in [1.807, 2.05) is 0 Å². The highest BCUT2D eigenvalue weighted by Crippen LogP contribution is 2.14. The van der Waals surface area contributed by atoms with Crippen molar-refractivity contribution in [2.24, 2.45) is 4.99 Å². The van der Waals surface area contributed by atoms with Gasteiger partial charge in [0.2, 0.25) is 0 Å². The number of hydrogen-bond donors (Lipinski definition) is 2. The number of aliphatic imine (C=N–C) groups is 1. The lowest BCUT2D eigenvalue weighted by Gasteiger charge is -2.10. The van der Waals surface area contributed by atoms with E-state index in [0.29, 0.717) is 0 Å². The van der Waals surface area contributed by atoms with Gasteiger partial charge in [-0.1, -0.05) is 12.1 Å². The number of benzene rings is 1. The van der Waals surface area contributed by atoms with Crippen molar-refractivity contribution in [1.82, 2.24) is 10.6 Å². The van der Waals surface area contributed by atoms with E-state index in [4.69, 9.17) is 0 Å².